The Morgan fingerprint density at radius 2 is 1.43 bits per heavy atom. The van der Waals surface area contributed by atoms with Crippen LogP contribution in [0.4, 0.5) is 0 Å². The maximum atomic E-state index is 3.68. The molecule has 0 aliphatic rings. The first-order valence-electron chi connectivity index (χ1n) is 2.01. The van der Waals surface area contributed by atoms with Crippen LogP contribution < -0.4 is 12.4 Å². The molecule has 0 spiro atoms. The summed E-state index contributed by atoms with van der Waals surface area (Å²) < 4.78 is 0. The molecule has 44 valence electrons. The van der Waals surface area contributed by atoms with E-state index in [4.69, 9.17) is 0 Å². The average Bonchev–Trinajstić information content (AvgIpc) is 1.35. The highest BCUT2D eigenvalue weighted by Crippen LogP contribution is 2.47. The summed E-state index contributed by atoms with van der Waals surface area (Å²) in [6, 6.07) is 0. The van der Waals surface area contributed by atoms with E-state index >= 15 is 0 Å². The summed E-state index contributed by atoms with van der Waals surface area (Å²) in [5.41, 5.74) is 0. The number of hydrogen-bond donors (Lipinski definition) is 0. The van der Waals surface area contributed by atoms with Gasteiger partial charge < -0.3 is 12.4 Å². The lowest BCUT2D eigenvalue weighted by Crippen LogP contribution is -3.00. The predicted molar refractivity (Wildman–Crippen MR) is 34.9 cm³/mol. The first kappa shape index (κ1) is 10.4. The normalized spacial score (nSPS) is 9.57. The summed E-state index contributed by atoms with van der Waals surface area (Å²) in [5.74, 6) is 2.05. The maximum absolute atomic E-state index is 3.68. The van der Waals surface area contributed by atoms with E-state index in [2.05, 4.69) is 26.6 Å². The summed E-state index contributed by atoms with van der Waals surface area (Å²) in [5, 5.41) is 0. The van der Waals surface area contributed by atoms with Crippen LogP contribution >= 0.6 is 7.26 Å². The van der Waals surface area contributed by atoms with E-state index < -0.39 is 7.26 Å². The van der Waals surface area contributed by atoms with Crippen molar-refractivity contribution in [2.75, 3.05) is 20.0 Å². The second-order valence-corrected chi connectivity index (χ2v) is 6.90. The van der Waals surface area contributed by atoms with Gasteiger partial charge in [0.25, 0.3) is 0 Å². The largest absolute Gasteiger partial charge is 1.00 e. The van der Waals surface area contributed by atoms with Crippen molar-refractivity contribution in [3.8, 4) is 0 Å². The molecule has 0 atom stereocenters. The molecule has 0 nitrogen and oxygen atoms in total. The van der Waals surface area contributed by atoms with E-state index in [1.807, 2.05) is 5.82 Å². The molecular weight excluding hydrogens is 126 g/mol. The standard InChI is InChI=1S/C5H12P.ClH/c1-5-6(2,3)4;/h5H,1H2,2-4H3;1H/q+1;/p-1. The first-order chi connectivity index (χ1) is 2.56. The van der Waals surface area contributed by atoms with Crippen LogP contribution in [0, 0.1) is 0 Å². The average molecular weight is 139 g/mol. The van der Waals surface area contributed by atoms with Gasteiger partial charge in [-0.15, -0.1) is 0 Å². The third kappa shape index (κ3) is 10.7. The fourth-order valence-corrected chi connectivity index (χ4v) is 0. The second-order valence-electron chi connectivity index (χ2n) is 2.30. The molecule has 0 radical (unpaired) electrons. The first-order valence-corrected chi connectivity index (χ1v) is 5.21. The molecular formula is C5H12ClP. The molecule has 0 aliphatic carbocycles. The molecule has 0 aromatic rings. The van der Waals surface area contributed by atoms with Crippen LogP contribution in [-0.4, -0.2) is 20.0 Å². The highest BCUT2D eigenvalue weighted by molar-refractivity contribution is 7.76. The minimum Gasteiger partial charge on any atom is -1.00 e. The number of rotatable bonds is 1. The lowest BCUT2D eigenvalue weighted by atomic mass is 11.3. The van der Waals surface area contributed by atoms with Gasteiger partial charge in [0.2, 0.25) is 0 Å². The van der Waals surface area contributed by atoms with Crippen LogP contribution in [0.3, 0.4) is 0 Å². The van der Waals surface area contributed by atoms with Crippen molar-refractivity contribution in [2.45, 2.75) is 0 Å². The van der Waals surface area contributed by atoms with Crippen molar-refractivity contribution in [3.05, 3.63) is 12.4 Å². The lowest BCUT2D eigenvalue weighted by molar-refractivity contribution is -0.00000158. The number of halogens is 1. The summed E-state index contributed by atoms with van der Waals surface area (Å²) >= 11 is 0. The van der Waals surface area contributed by atoms with Crippen LogP contribution in [0.5, 0.6) is 0 Å². The SMILES string of the molecule is C=C[P+](C)(C)C.[Cl-]. The monoisotopic (exact) mass is 138 g/mol. The van der Waals surface area contributed by atoms with Crippen molar-refractivity contribution in [1.82, 2.24) is 0 Å². The summed E-state index contributed by atoms with van der Waals surface area (Å²) in [7, 11) is -0.633. The molecule has 0 unspecified atom stereocenters. The summed E-state index contributed by atoms with van der Waals surface area (Å²) in [4.78, 5) is 0. The molecule has 0 saturated carbocycles. The third-order valence-corrected chi connectivity index (χ3v) is 1.64. The van der Waals surface area contributed by atoms with E-state index in [9.17, 15) is 0 Å². The predicted octanol–water partition coefficient (Wildman–Crippen LogP) is -0.959. The van der Waals surface area contributed by atoms with Gasteiger partial charge in [-0.2, -0.15) is 0 Å². The minimum atomic E-state index is -0.633. The van der Waals surface area contributed by atoms with Crippen LogP contribution in [0.15, 0.2) is 12.4 Å². The third-order valence-electron chi connectivity index (χ3n) is 0.548. The molecule has 0 heterocycles. The molecule has 0 N–H and O–H groups in total. The Kier molecular flexibility index (Phi) is 5.16. The Morgan fingerprint density at radius 3 is 1.43 bits per heavy atom. The number of hydrogen-bond acceptors (Lipinski definition) is 0. The Hall–Kier alpha value is 0.460. The van der Waals surface area contributed by atoms with Crippen molar-refractivity contribution < 1.29 is 12.4 Å². The van der Waals surface area contributed by atoms with Crippen LogP contribution in [0.25, 0.3) is 0 Å². The summed E-state index contributed by atoms with van der Waals surface area (Å²) in [6.07, 6.45) is 0. The lowest BCUT2D eigenvalue weighted by Gasteiger charge is -1.99. The van der Waals surface area contributed by atoms with Gasteiger partial charge in [0, 0.05) is 7.26 Å². The van der Waals surface area contributed by atoms with Crippen LogP contribution in [0.1, 0.15) is 0 Å². The van der Waals surface area contributed by atoms with Crippen molar-refractivity contribution in [2.24, 2.45) is 0 Å². The van der Waals surface area contributed by atoms with Gasteiger partial charge in [-0.25, -0.2) is 0 Å². The Labute approximate surface area is 52.7 Å². The van der Waals surface area contributed by atoms with Crippen molar-refractivity contribution >= 4 is 7.26 Å². The van der Waals surface area contributed by atoms with E-state index in [-0.39, 0.29) is 12.4 Å². The molecule has 0 rings (SSSR count). The topological polar surface area (TPSA) is 0 Å². The fourth-order valence-electron chi connectivity index (χ4n) is 0. The molecule has 0 aromatic heterocycles. The van der Waals surface area contributed by atoms with Gasteiger partial charge in [0.15, 0.2) is 0 Å². The van der Waals surface area contributed by atoms with E-state index in [1.54, 1.807) is 0 Å². The Bertz CT molecular complexity index is 53.6. The Morgan fingerprint density at radius 1 is 1.29 bits per heavy atom. The molecule has 7 heavy (non-hydrogen) atoms. The van der Waals surface area contributed by atoms with E-state index in [0.29, 0.717) is 0 Å². The smallest absolute Gasteiger partial charge is 0.0525 e. The molecule has 0 bridgehead atoms. The van der Waals surface area contributed by atoms with Gasteiger partial charge in [-0.3, -0.25) is 0 Å². The van der Waals surface area contributed by atoms with Crippen LogP contribution in [0.2, 0.25) is 0 Å². The van der Waals surface area contributed by atoms with Gasteiger partial charge in [-0.1, -0.05) is 6.58 Å². The van der Waals surface area contributed by atoms with Gasteiger partial charge in [0.1, 0.15) is 0 Å². The van der Waals surface area contributed by atoms with E-state index in [0.717, 1.165) is 0 Å². The molecule has 2 heteroatoms. The molecule has 0 fully saturated rings. The van der Waals surface area contributed by atoms with Crippen LogP contribution in [-0.2, 0) is 0 Å². The zero-order valence-electron chi connectivity index (χ0n) is 5.11. The molecule has 0 saturated heterocycles. The zero-order chi connectivity index (χ0) is 5.21. The van der Waals surface area contributed by atoms with Gasteiger partial charge in [-0.05, 0) is 0 Å². The highest BCUT2D eigenvalue weighted by Gasteiger charge is 2.08. The highest BCUT2D eigenvalue weighted by atomic mass is 35.5. The molecule has 0 aliphatic heterocycles. The van der Waals surface area contributed by atoms with E-state index in [1.165, 1.54) is 0 Å². The fraction of sp³-hybridized carbons (Fsp3) is 0.600. The molecule has 0 aromatic carbocycles. The second kappa shape index (κ2) is 3.46. The Balaban J connectivity index is 0. The zero-order valence-corrected chi connectivity index (χ0v) is 6.76. The summed E-state index contributed by atoms with van der Waals surface area (Å²) in [6.45, 7) is 10.4. The maximum Gasteiger partial charge on any atom is 0.0525 e. The van der Waals surface area contributed by atoms with Gasteiger partial charge in [0.05, 0.1) is 25.8 Å². The van der Waals surface area contributed by atoms with Crippen molar-refractivity contribution in [1.29, 1.82) is 0 Å². The minimum absolute atomic E-state index is 0. The molecule has 0 amide bonds. The van der Waals surface area contributed by atoms with Crippen molar-refractivity contribution in [3.63, 3.8) is 0 Å². The quantitative estimate of drug-likeness (QED) is 0.410. The van der Waals surface area contributed by atoms with Gasteiger partial charge >= 0.3 is 0 Å².